The molecule has 3 heterocycles. The molecule has 134 valence electrons. The van der Waals surface area contributed by atoms with Gasteiger partial charge in [0, 0.05) is 59.9 Å². The highest BCUT2D eigenvalue weighted by molar-refractivity contribution is 6.30. The molecule has 0 N–H and O–H groups in total. The summed E-state index contributed by atoms with van der Waals surface area (Å²) in [6.07, 6.45) is 2.94. The maximum atomic E-state index is 6.43. The lowest BCUT2D eigenvalue weighted by molar-refractivity contribution is 0.242. The fraction of sp³-hybridized carbons (Fsp3) is 0.381. The van der Waals surface area contributed by atoms with E-state index in [9.17, 15) is 0 Å². The zero-order valence-corrected chi connectivity index (χ0v) is 16.2. The molecule has 4 nitrogen and oxygen atoms in total. The van der Waals surface area contributed by atoms with E-state index in [0.717, 1.165) is 48.3 Å². The van der Waals surface area contributed by atoms with Gasteiger partial charge in [0.25, 0.3) is 0 Å². The molecule has 26 heavy (non-hydrogen) atoms. The summed E-state index contributed by atoms with van der Waals surface area (Å²) in [5.74, 6) is 0.923. The third-order valence-corrected chi connectivity index (χ3v) is 5.16. The minimum Gasteiger partial charge on any atom is -0.294 e. The predicted molar refractivity (Wildman–Crippen MR) is 105 cm³/mol. The van der Waals surface area contributed by atoms with Crippen molar-refractivity contribution in [3.05, 3.63) is 64.3 Å². The summed E-state index contributed by atoms with van der Waals surface area (Å²) >= 11 is 6.43. The van der Waals surface area contributed by atoms with E-state index in [0.29, 0.717) is 5.15 Å². The van der Waals surface area contributed by atoms with E-state index in [1.807, 2.05) is 24.4 Å². The van der Waals surface area contributed by atoms with E-state index >= 15 is 0 Å². The van der Waals surface area contributed by atoms with Crippen LogP contribution in [0.3, 0.4) is 0 Å². The lowest BCUT2D eigenvalue weighted by atomic mass is 9.95. The van der Waals surface area contributed by atoms with Gasteiger partial charge in [0.2, 0.25) is 0 Å². The smallest absolute Gasteiger partial charge is 0.134 e. The Balaban J connectivity index is 1.55. The monoisotopic (exact) mass is 366 g/mol. The fourth-order valence-electron chi connectivity index (χ4n) is 3.36. The Morgan fingerprint density at radius 1 is 1.15 bits per heavy atom. The number of pyridine rings is 1. The topological polar surface area (TPSA) is 41.9 Å². The van der Waals surface area contributed by atoms with Gasteiger partial charge >= 0.3 is 0 Å². The Hall–Kier alpha value is -2.04. The summed E-state index contributed by atoms with van der Waals surface area (Å²) in [4.78, 5) is 16.3. The molecule has 1 aliphatic heterocycles. The van der Waals surface area contributed by atoms with Gasteiger partial charge in [-0.25, -0.2) is 15.0 Å². The number of aromatic nitrogens is 3. The molecule has 1 aliphatic rings. The molecule has 0 fully saturated rings. The second-order valence-electron chi connectivity index (χ2n) is 8.01. The van der Waals surface area contributed by atoms with E-state index in [1.54, 1.807) is 0 Å². The maximum Gasteiger partial charge on any atom is 0.134 e. The first-order chi connectivity index (χ1) is 12.4. The number of hydrogen-bond donors (Lipinski definition) is 0. The van der Waals surface area contributed by atoms with Gasteiger partial charge in [-0.3, -0.25) is 4.90 Å². The summed E-state index contributed by atoms with van der Waals surface area (Å²) in [6, 6.07) is 10.2. The Morgan fingerprint density at radius 3 is 2.77 bits per heavy atom. The Kier molecular flexibility index (Phi) is 4.41. The van der Waals surface area contributed by atoms with Gasteiger partial charge in [0.15, 0.2) is 0 Å². The molecule has 0 unspecified atom stereocenters. The highest BCUT2D eigenvalue weighted by Crippen LogP contribution is 2.26. The van der Waals surface area contributed by atoms with Crippen molar-refractivity contribution >= 4 is 22.5 Å². The number of hydrogen-bond acceptors (Lipinski definition) is 4. The molecular weight excluding hydrogens is 344 g/mol. The zero-order valence-electron chi connectivity index (χ0n) is 15.5. The third kappa shape index (κ3) is 3.44. The SMILES string of the molecule is CC(C)(C)c1ncc2c(n1)CCN(Cc1cc3ccccc3nc1Cl)C2. The van der Waals surface area contributed by atoms with Crippen LogP contribution >= 0.6 is 11.6 Å². The third-order valence-electron chi connectivity index (χ3n) is 4.83. The zero-order chi connectivity index (χ0) is 18.3. The van der Waals surface area contributed by atoms with E-state index in [1.165, 1.54) is 11.3 Å². The molecule has 0 atom stereocenters. The van der Waals surface area contributed by atoms with Crippen molar-refractivity contribution < 1.29 is 0 Å². The summed E-state index contributed by atoms with van der Waals surface area (Å²) in [7, 11) is 0. The Labute approximate surface area is 159 Å². The highest BCUT2D eigenvalue weighted by Gasteiger charge is 2.23. The first-order valence-corrected chi connectivity index (χ1v) is 9.40. The number of nitrogens with zero attached hydrogens (tertiary/aromatic N) is 4. The van der Waals surface area contributed by atoms with E-state index in [-0.39, 0.29) is 5.41 Å². The molecule has 2 aromatic heterocycles. The predicted octanol–water partition coefficient (Wildman–Crippen LogP) is 4.53. The minimum absolute atomic E-state index is 0.0174. The fourth-order valence-corrected chi connectivity index (χ4v) is 3.56. The van der Waals surface area contributed by atoms with Crippen LogP contribution < -0.4 is 0 Å². The van der Waals surface area contributed by atoms with Crippen molar-refractivity contribution in [3.63, 3.8) is 0 Å². The number of halogens is 1. The maximum absolute atomic E-state index is 6.43. The molecule has 0 saturated heterocycles. The number of rotatable bonds is 2. The van der Waals surface area contributed by atoms with E-state index in [4.69, 9.17) is 16.6 Å². The van der Waals surface area contributed by atoms with Crippen molar-refractivity contribution in [1.82, 2.24) is 19.9 Å². The van der Waals surface area contributed by atoms with Crippen LogP contribution in [0.2, 0.25) is 5.15 Å². The first-order valence-electron chi connectivity index (χ1n) is 9.02. The molecule has 1 aromatic carbocycles. The second-order valence-corrected chi connectivity index (χ2v) is 8.37. The summed E-state index contributed by atoms with van der Waals surface area (Å²) in [5, 5.41) is 1.72. The standard InChI is InChI=1S/C21H23ClN4/c1-21(2,3)20-23-11-16-13-26(9-8-18(16)25-20)12-15-10-14-6-4-5-7-17(14)24-19(15)22/h4-7,10-11H,8-9,12-13H2,1-3H3. The molecular formula is C21H23ClN4. The Morgan fingerprint density at radius 2 is 1.96 bits per heavy atom. The van der Waals surface area contributed by atoms with Gasteiger partial charge in [-0.1, -0.05) is 50.6 Å². The van der Waals surface area contributed by atoms with Crippen LogP contribution in [0.25, 0.3) is 10.9 Å². The van der Waals surface area contributed by atoms with Gasteiger partial charge < -0.3 is 0 Å². The molecule has 3 aromatic rings. The van der Waals surface area contributed by atoms with Crippen LogP contribution in [0, 0.1) is 0 Å². The average molecular weight is 367 g/mol. The van der Waals surface area contributed by atoms with Crippen molar-refractivity contribution in [2.24, 2.45) is 0 Å². The van der Waals surface area contributed by atoms with Gasteiger partial charge in [-0.2, -0.15) is 0 Å². The van der Waals surface area contributed by atoms with Crippen LogP contribution in [0.5, 0.6) is 0 Å². The normalized spacial score (nSPS) is 15.2. The van der Waals surface area contributed by atoms with Crippen LogP contribution in [-0.2, 0) is 24.9 Å². The molecule has 0 amide bonds. The summed E-state index contributed by atoms with van der Waals surface area (Å²) < 4.78 is 0. The van der Waals surface area contributed by atoms with Crippen molar-refractivity contribution in [2.45, 2.75) is 45.7 Å². The molecule has 0 radical (unpaired) electrons. The molecule has 0 bridgehead atoms. The number of para-hydroxylation sites is 1. The molecule has 0 saturated carbocycles. The lowest BCUT2D eigenvalue weighted by Crippen LogP contribution is -2.32. The van der Waals surface area contributed by atoms with Crippen molar-refractivity contribution in [3.8, 4) is 0 Å². The van der Waals surface area contributed by atoms with Gasteiger partial charge in [-0.05, 0) is 12.1 Å². The van der Waals surface area contributed by atoms with Gasteiger partial charge in [0.1, 0.15) is 11.0 Å². The average Bonchev–Trinajstić information content (AvgIpc) is 2.61. The van der Waals surface area contributed by atoms with Crippen LogP contribution in [0.1, 0.15) is 43.4 Å². The van der Waals surface area contributed by atoms with Gasteiger partial charge in [0.05, 0.1) is 5.52 Å². The van der Waals surface area contributed by atoms with Crippen LogP contribution in [0.15, 0.2) is 36.5 Å². The molecule has 0 spiro atoms. The van der Waals surface area contributed by atoms with Crippen LogP contribution in [0.4, 0.5) is 0 Å². The molecule has 0 aliphatic carbocycles. The number of fused-ring (bicyclic) bond motifs is 2. The van der Waals surface area contributed by atoms with E-state index < -0.39 is 0 Å². The highest BCUT2D eigenvalue weighted by atomic mass is 35.5. The van der Waals surface area contributed by atoms with Crippen molar-refractivity contribution in [2.75, 3.05) is 6.54 Å². The first kappa shape index (κ1) is 17.4. The Bertz CT molecular complexity index is 962. The minimum atomic E-state index is -0.0174. The van der Waals surface area contributed by atoms with Crippen LogP contribution in [-0.4, -0.2) is 26.4 Å². The quantitative estimate of drug-likeness (QED) is 0.625. The van der Waals surface area contributed by atoms with Gasteiger partial charge in [-0.15, -0.1) is 0 Å². The summed E-state index contributed by atoms with van der Waals surface area (Å²) in [5.41, 5.74) is 4.39. The molecule has 5 heteroatoms. The molecule has 4 rings (SSSR count). The largest absolute Gasteiger partial charge is 0.294 e. The summed E-state index contributed by atoms with van der Waals surface area (Å²) in [6.45, 7) is 9.06. The lowest BCUT2D eigenvalue weighted by Gasteiger charge is -2.29. The number of benzene rings is 1. The second kappa shape index (κ2) is 6.60. The van der Waals surface area contributed by atoms with E-state index in [2.05, 4.69) is 47.8 Å². The van der Waals surface area contributed by atoms with Crippen molar-refractivity contribution in [1.29, 1.82) is 0 Å².